The smallest absolute Gasteiger partial charge is 0.258 e. The third-order valence-corrected chi connectivity index (χ3v) is 1.77. The first-order valence-electron chi connectivity index (χ1n) is 4.12. The van der Waals surface area contributed by atoms with E-state index in [2.05, 4.69) is 20.6 Å². The number of aromatic nitrogens is 3. The number of hydrogen-bond acceptors (Lipinski definition) is 6. The van der Waals surface area contributed by atoms with Crippen molar-refractivity contribution >= 4 is 11.9 Å². The Kier molecular flexibility index (Phi) is 2.28. The molecule has 72 valence electrons. The topological polar surface area (TPSA) is 92.1 Å². The van der Waals surface area contributed by atoms with Gasteiger partial charge < -0.3 is 10.5 Å². The van der Waals surface area contributed by atoms with Gasteiger partial charge in [-0.25, -0.2) is 10.1 Å². The number of morpholine rings is 1. The average molecular weight is 184 g/mol. The highest BCUT2D eigenvalue weighted by Crippen LogP contribution is 2.02. The van der Waals surface area contributed by atoms with E-state index in [9.17, 15) is 0 Å². The van der Waals surface area contributed by atoms with Crippen LogP contribution in [-0.2, 0) is 4.74 Å². The first-order chi connectivity index (χ1) is 6.34. The standard InChI is InChI=1S/C6H12N6O/c7-5-8-6(10-9-5)11-12-1-3-13-4-2-12/h1-4H2,(H4,7,8,9,10,11). The number of nitrogens with zero attached hydrogens (tertiary/aromatic N) is 3. The largest absolute Gasteiger partial charge is 0.379 e. The summed E-state index contributed by atoms with van der Waals surface area (Å²) in [4.78, 5) is 3.92. The van der Waals surface area contributed by atoms with E-state index in [-0.39, 0.29) is 0 Å². The molecule has 0 atom stereocenters. The number of nitrogens with one attached hydrogen (secondary N) is 2. The van der Waals surface area contributed by atoms with Crippen molar-refractivity contribution in [3.05, 3.63) is 0 Å². The normalized spacial score (nSPS) is 18.8. The third-order valence-electron chi connectivity index (χ3n) is 1.77. The monoisotopic (exact) mass is 184 g/mol. The molecule has 13 heavy (non-hydrogen) atoms. The van der Waals surface area contributed by atoms with Crippen molar-refractivity contribution in [3.8, 4) is 0 Å². The number of ether oxygens (including phenoxy) is 1. The minimum Gasteiger partial charge on any atom is -0.379 e. The van der Waals surface area contributed by atoms with Crippen LogP contribution in [0.4, 0.5) is 11.9 Å². The van der Waals surface area contributed by atoms with Crippen LogP contribution in [0, 0.1) is 0 Å². The fourth-order valence-corrected chi connectivity index (χ4v) is 1.14. The molecule has 0 aromatic carbocycles. The zero-order chi connectivity index (χ0) is 9.10. The molecule has 4 N–H and O–H groups in total. The SMILES string of the molecule is Nc1nc(NN2CCOCC2)n[nH]1. The van der Waals surface area contributed by atoms with Crippen LogP contribution in [-0.4, -0.2) is 46.5 Å². The molecule has 1 aromatic rings. The van der Waals surface area contributed by atoms with E-state index in [0.717, 1.165) is 26.3 Å². The molecule has 2 rings (SSSR count). The molecular weight excluding hydrogens is 172 g/mol. The van der Waals surface area contributed by atoms with Gasteiger partial charge in [0.2, 0.25) is 5.95 Å². The predicted molar refractivity (Wildman–Crippen MR) is 46.8 cm³/mol. The fourth-order valence-electron chi connectivity index (χ4n) is 1.14. The number of hydrogen-bond donors (Lipinski definition) is 3. The van der Waals surface area contributed by atoms with Gasteiger partial charge in [-0.05, 0) is 0 Å². The Morgan fingerprint density at radius 1 is 1.46 bits per heavy atom. The molecule has 1 aromatic heterocycles. The number of anilines is 2. The van der Waals surface area contributed by atoms with Crippen LogP contribution in [0.3, 0.4) is 0 Å². The van der Waals surface area contributed by atoms with Crippen LogP contribution in [0.25, 0.3) is 0 Å². The Bertz CT molecular complexity index is 268. The summed E-state index contributed by atoms with van der Waals surface area (Å²) in [6.45, 7) is 3.11. The van der Waals surface area contributed by atoms with Gasteiger partial charge >= 0.3 is 0 Å². The Labute approximate surface area is 75.2 Å². The van der Waals surface area contributed by atoms with Gasteiger partial charge in [0.1, 0.15) is 0 Å². The van der Waals surface area contributed by atoms with Gasteiger partial charge in [0.05, 0.1) is 13.2 Å². The molecule has 7 nitrogen and oxygen atoms in total. The molecule has 0 unspecified atom stereocenters. The number of nitrogen functional groups attached to an aromatic ring is 1. The van der Waals surface area contributed by atoms with Crippen molar-refractivity contribution in [1.29, 1.82) is 0 Å². The number of nitrogens with two attached hydrogens (primary N) is 1. The van der Waals surface area contributed by atoms with Gasteiger partial charge in [-0.2, -0.15) is 4.98 Å². The first-order valence-corrected chi connectivity index (χ1v) is 4.12. The maximum Gasteiger partial charge on any atom is 0.258 e. The molecule has 0 aliphatic carbocycles. The van der Waals surface area contributed by atoms with E-state index < -0.39 is 0 Å². The Morgan fingerprint density at radius 2 is 2.23 bits per heavy atom. The lowest BCUT2D eigenvalue weighted by molar-refractivity contribution is 0.0493. The molecule has 0 saturated carbocycles. The molecule has 1 aliphatic rings. The minimum atomic E-state index is 0.316. The highest BCUT2D eigenvalue weighted by Gasteiger charge is 2.11. The average Bonchev–Trinajstić information content (AvgIpc) is 2.53. The van der Waals surface area contributed by atoms with Crippen molar-refractivity contribution in [3.63, 3.8) is 0 Å². The summed E-state index contributed by atoms with van der Waals surface area (Å²) in [7, 11) is 0. The van der Waals surface area contributed by atoms with Crippen molar-refractivity contribution in [2.45, 2.75) is 0 Å². The summed E-state index contributed by atoms with van der Waals surface area (Å²) in [5, 5.41) is 8.40. The van der Waals surface area contributed by atoms with E-state index in [0.29, 0.717) is 11.9 Å². The summed E-state index contributed by atoms with van der Waals surface area (Å²) < 4.78 is 5.19. The maximum absolute atomic E-state index is 5.37. The van der Waals surface area contributed by atoms with Crippen LogP contribution in [0.2, 0.25) is 0 Å². The summed E-state index contributed by atoms with van der Waals surface area (Å²) in [5.74, 6) is 0.815. The first kappa shape index (κ1) is 8.27. The minimum absolute atomic E-state index is 0.316. The van der Waals surface area contributed by atoms with Crippen LogP contribution < -0.4 is 11.2 Å². The van der Waals surface area contributed by atoms with E-state index in [1.54, 1.807) is 0 Å². The number of hydrazine groups is 1. The molecule has 0 radical (unpaired) electrons. The van der Waals surface area contributed by atoms with Crippen LogP contribution in [0.1, 0.15) is 0 Å². The number of rotatable bonds is 2. The second kappa shape index (κ2) is 3.58. The summed E-state index contributed by atoms with van der Waals surface area (Å²) in [6, 6.07) is 0. The summed E-state index contributed by atoms with van der Waals surface area (Å²) >= 11 is 0. The summed E-state index contributed by atoms with van der Waals surface area (Å²) in [6.07, 6.45) is 0. The zero-order valence-corrected chi connectivity index (χ0v) is 7.16. The molecular formula is C6H12N6O. The Morgan fingerprint density at radius 3 is 2.85 bits per heavy atom. The Hall–Kier alpha value is -1.34. The lowest BCUT2D eigenvalue weighted by Crippen LogP contribution is -2.40. The molecule has 1 saturated heterocycles. The third kappa shape index (κ3) is 2.07. The van der Waals surface area contributed by atoms with E-state index in [1.165, 1.54) is 0 Å². The summed E-state index contributed by atoms with van der Waals surface area (Å²) in [5.41, 5.74) is 8.39. The van der Waals surface area contributed by atoms with Crippen LogP contribution >= 0.6 is 0 Å². The van der Waals surface area contributed by atoms with Gasteiger partial charge in [0.25, 0.3) is 5.95 Å². The van der Waals surface area contributed by atoms with Crippen molar-refractivity contribution < 1.29 is 4.74 Å². The lowest BCUT2D eigenvalue weighted by atomic mass is 10.5. The molecule has 0 bridgehead atoms. The van der Waals surface area contributed by atoms with Crippen molar-refractivity contribution in [2.24, 2.45) is 0 Å². The molecule has 0 amide bonds. The molecule has 1 fully saturated rings. The van der Waals surface area contributed by atoms with Gasteiger partial charge in [-0.3, -0.25) is 5.43 Å². The molecule has 2 heterocycles. The van der Waals surface area contributed by atoms with E-state index >= 15 is 0 Å². The Balaban J connectivity index is 1.89. The highest BCUT2D eigenvalue weighted by atomic mass is 16.5. The highest BCUT2D eigenvalue weighted by molar-refractivity contribution is 5.28. The van der Waals surface area contributed by atoms with Crippen molar-refractivity contribution in [2.75, 3.05) is 37.5 Å². The van der Waals surface area contributed by atoms with Gasteiger partial charge in [0, 0.05) is 13.1 Å². The second-order valence-electron chi connectivity index (χ2n) is 2.76. The predicted octanol–water partition coefficient (Wildman–Crippen LogP) is -0.954. The quantitative estimate of drug-likeness (QED) is 0.548. The molecule has 1 aliphatic heterocycles. The number of H-pyrrole nitrogens is 1. The van der Waals surface area contributed by atoms with E-state index in [1.807, 2.05) is 5.01 Å². The number of aromatic amines is 1. The molecule has 0 spiro atoms. The van der Waals surface area contributed by atoms with Gasteiger partial charge in [0.15, 0.2) is 0 Å². The van der Waals surface area contributed by atoms with E-state index in [4.69, 9.17) is 10.5 Å². The van der Waals surface area contributed by atoms with Crippen LogP contribution in [0.5, 0.6) is 0 Å². The zero-order valence-electron chi connectivity index (χ0n) is 7.16. The lowest BCUT2D eigenvalue weighted by Gasteiger charge is -2.26. The molecule has 7 heteroatoms. The van der Waals surface area contributed by atoms with Gasteiger partial charge in [-0.1, -0.05) is 0 Å². The van der Waals surface area contributed by atoms with Crippen molar-refractivity contribution in [1.82, 2.24) is 20.2 Å². The fraction of sp³-hybridized carbons (Fsp3) is 0.667. The van der Waals surface area contributed by atoms with Gasteiger partial charge in [-0.15, -0.1) is 5.10 Å². The maximum atomic E-state index is 5.37. The second-order valence-corrected chi connectivity index (χ2v) is 2.76. The van der Waals surface area contributed by atoms with Crippen LogP contribution in [0.15, 0.2) is 0 Å².